The first-order chi connectivity index (χ1) is 10.5. The standard InChI is InChI=1S/C17H23NO4/c1-13(2)17(20)18(8-6-5-7-9-19)14-10-15(21-3)12-16(11-14)22-4/h5,7,9-13H,6,8H2,1-4H3/b7-5+. The van der Waals surface area contributed by atoms with E-state index >= 15 is 0 Å². The van der Waals surface area contributed by atoms with E-state index < -0.39 is 0 Å². The van der Waals surface area contributed by atoms with Crippen LogP contribution in [0.25, 0.3) is 0 Å². The summed E-state index contributed by atoms with van der Waals surface area (Å²) in [6, 6.07) is 5.35. The largest absolute Gasteiger partial charge is 0.497 e. The second-order valence-corrected chi connectivity index (χ2v) is 5.07. The van der Waals surface area contributed by atoms with E-state index in [1.54, 1.807) is 43.4 Å². The van der Waals surface area contributed by atoms with Gasteiger partial charge in [-0.2, -0.15) is 0 Å². The quantitative estimate of drug-likeness (QED) is 0.547. The van der Waals surface area contributed by atoms with Crippen molar-refractivity contribution in [2.75, 3.05) is 25.7 Å². The summed E-state index contributed by atoms with van der Waals surface area (Å²) in [4.78, 5) is 24.5. The van der Waals surface area contributed by atoms with E-state index in [4.69, 9.17) is 9.47 Å². The molecule has 0 radical (unpaired) electrons. The second kappa shape index (κ2) is 8.87. The maximum atomic E-state index is 12.5. The highest BCUT2D eigenvalue weighted by Crippen LogP contribution is 2.29. The van der Waals surface area contributed by atoms with Gasteiger partial charge in [0.25, 0.3) is 0 Å². The van der Waals surface area contributed by atoms with Crippen molar-refractivity contribution >= 4 is 17.9 Å². The maximum absolute atomic E-state index is 12.5. The molecule has 120 valence electrons. The Balaban J connectivity index is 3.10. The number of nitrogens with zero attached hydrogens (tertiary/aromatic N) is 1. The van der Waals surface area contributed by atoms with Crippen molar-refractivity contribution in [3.05, 3.63) is 30.4 Å². The Morgan fingerprint density at radius 3 is 2.23 bits per heavy atom. The molecule has 0 N–H and O–H groups in total. The monoisotopic (exact) mass is 305 g/mol. The molecule has 0 saturated heterocycles. The summed E-state index contributed by atoms with van der Waals surface area (Å²) in [5.41, 5.74) is 0.717. The number of methoxy groups -OCH3 is 2. The number of allylic oxidation sites excluding steroid dienone is 1. The lowest BCUT2D eigenvalue weighted by atomic mass is 10.1. The summed E-state index contributed by atoms with van der Waals surface area (Å²) >= 11 is 0. The van der Waals surface area contributed by atoms with Crippen LogP contribution < -0.4 is 14.4 Å². The summed E-state index contributed by atoms with van der Waals surface area (Å²) in [7, 11) is 3.14. The minimum Gasteiger partial charge on any atom is -0.497 e. The van der Waals surface area contributed by atoms with Crippen LogP contribution in [0, 0.1) is 5.92 Å². The van der Waals surface area contributed by atoms with Gasteiger partial charge in [-0.05, 0) is 12.5 Å². The molecule has 1 rings (SSSR count). The predicted octanol–water partition coefficient (Wildman–Crippen LogP) is 2.84. The van der Waals surface area contributed by atoms with Crippen molar-refractivity contribution in [1.82, 2.24) is 0 Å². The van der Waals surface area contributed by atoms with Crippen molar-refractivity contribution in [2.45, 2.75) is 20.3 Å². The molecule has 0 atom stereocenters. The zero-order chi connectivity index (χ0) is 16.5. The summed E-state index contributed by atoms with van der Waals surface area (Å²) < 4.78 is 10.5. The molecule has 5 nitrogen and oxygen atoms in total. The smallest absolute Gasteiger partial charge is 0.229 e. The van der Waals surface area contributed by atoms with Crippen molar-refractivity contribution in [1.29, 1.82) is 0 Å². The number of carbonyl (C=O) groups is 2. The number of amides is 1. The summed E-state index contributed by atoms with van der Waals surface area (Å²) in [5.74, 6) is 1.13. The second-order valence-electron chi connectivity index (χ2n) is 5.07. The van der Waals surface area contributed by atoms with Gasteiger partial charge < -0.3 is 14.4 Å². The SMILES string of the molecule is COc1cc(OC)cc(N(CC/C=C/C=O)C(=O)C(C)C)c1. The third-order valence-corrected chi connectivity index (χ3v) is 3.14. The molecule has 0 heterocycles. The predicted molar refractivity (Wildman–Crippen MR) is 86.6 cm³/mol. The van der Waals surface area contributed by atoms with Crippen molar-refractivity contribution in [3.63, 3.8) is 0 Å². The first-order valence-corrected chi connectivity index (χ1v) is 7.18. The number of anilines is 1. The molecule has 0 bridgehead atoms. The summed E-state index contributed by atoms with van der Waals surface area (Å²) in [6.07, 6.45) is 4.50. The molecule has 0 aliphatic heterocycles. The van der Waals surface area contributed by atoms with Crippen molar-refractivity contribution in [3.8, 4) is 11.5 Å². The van der Waals surface area contributed by atoms with Crippen LogP contribution in [0.15, 0.2) is 30.4 Å². The Hall–Kier alpha value is -2.30. The van der Waals surface area contributed by atoms with Crippen LogP contribution >= 0.6 is 0 Å². The lowest BCUT2D eigenvalue weighted by molar-refractivity contribution is -0.121. The Labute approximate surface area is 131 Å². The highest BCUT2D eigenvalue weighted by Gasteiger charge is 2.19. The Bertz CT molecular complexity index is 515. The molecule has 0 spiro atoms. The number of hydrogen-bond acceptors (Lipinski definition) is 4. The molecule has 1 amide bonds. The topological polar surface area (TPSA) is 55.8 Å². The summed E-state index contributed by atoms with van der Waals surface area (Å²) in [6.45, 7) is 4.19. The lowest BCUT2D eigenvalue weighted by Gasteiger charge is -2.25. The average molecular weight is 305 g/mol. The molecule has 1 aromatic carbocycles. The molecule has 0 aliphatic carbocycles. The molecule has 0 unspecified atom stereocenters. The van der Waals surface area contributed by atoms with Crippen LogP contribution in [-0.2, 0) is 9.59 Å². The van der Waals surface area contributed by atoms with E-state index in [1.807, 2.05) is 13.8 Å². The average Bonchev–Trinajstić information content (AvgIpc) is 2.53. The molecule has 0 aliphatic rings. The number of aldehydes is 1. The molecule has 0 saturated carbocycles. The molecule has 5 heteroatoms. The van der Waals surface area contributed by atoms with Gasteiger partial charge in [0, 0.05) is 30.7 Å². The zero-order valence-electron chi connectivity index (χ0n) is 13.5. The fourth-order valence-electron chi connectivity index (χ4n) is 1.98. The minimum atomic E-state index is -0.132. The maximum Gasteiger partial charge on any atom is 0.229 e. The Morgan fingerprint density at radius 2 is 1.77 bits per heavy atom. The van der Waals surface area contributed by atoms with E-state index in [2.05, 4.69) is 0 Å². The third kappa shape index (κ3) is 4.91. The van der Waals surface area contributed by atoms with Gasteiger partial charge in [-0.1, -0.05) is 19.9 Å². The van der Waals surface area contributed by atoms with Gasteiger partial charge in [0.1, 0.15) is 17.8 Å². The van der Waals surface area contributed by atoms with Crippen LogP contribution in [0.4, 0.5) is 5.69 Å². The van der Waals surface area contributed by atoms with E-state index in [0.717, 1.165) is 12.0 Å². The van der Waals surface area contributed by atoms with Crippen molar-refractivity contribution < 1.29 is 19.1 Å². The zero-order valence-corrected chi connectivity index (χ0v) is 13.5. The highest BCUT2D eigenvalue weighted by atomic mass is 16.5. The Kier molecular flexibility index (Phi) is 7.16. The van der Waals surface area contributed by atoms with E-state index in [0.29, 0.717) is 24.5 Å². The first-order valence-electron chi connectivity index (χ1n) is 7.18. The number of benzene rings is 1. The lowest BCUT2D eigenvalue weighted by Crippen LogP contribution is -2.35. The van der Waals surface area contributed by atoms with Crippen LogP contribution in [0.1, 0.15) is 20.3 Å². The van der Waals surface area contributed by atoms with Crippen molar-refractivity contribution in [2.24, 2.45) is 5.92 Å². The minimum absolute atomic E-state index is 0.00908. The fourth-order valence-corrected chi connectivity index (χ4v) is 1.98. The fraction of sp³-hybridized carbons (Fsp3) is 0.412. The third-order valence-electron chi connectivity index (χ3n) is 3.14. The van der Waals surface area contributed by atoms with Gasteiger partial charge in [0.2, 0.25) is 5.91 Å². The van der Waals surface area contributed by atoms with E-state index in [-0.39, 0.29) is 11.8 Å². The first kappa shape index (κ1) is 17.8. The summed E-state index contributed by atoms with van der Waals surface area (Å²) in [5, 5.41) is 0. The van der Waals surface area contributed by atoms with Gasteiger partial charge in [0.15, 0.2) is 0 Å². The normalized spacial score (nSPS) is 10.8. The molecular formula is C17H23NO4. The van der Waals surface area contributed by atoms with Gasteiger partial charge in [-0.3, -0.25) is 9.59 Å². The highest BCUT2D eigenvalue weighted by molar-refractivity contribution is 5.95. The van der Waals surface area contributed by atoms with Crippen LogP contribution in [-0.4, -0.2) is 33.0 Å². The van der Waals surface area contributed by atoms with Crippen LogP contribution in [0.5, 0.6) is 11.5 Å². The number of hydrogen-bond donors (Lipinski definition) is 0. The van der Waals surface area contributed by atoms with Gasteiger partial charge in [-0.15, -0.1) is 0 Å². The van der Waals surface area contributed by atoms with Gasteiger partial charge in [0.05, 0.1) is 19.9 Å². The van der Waals surface area contributed by atoms with Gasteiger partial charge >= 0.3 is 0 Å². The number of rotatable bonds is 8. The molecule has 22 heavy (non-hydrogen) atoms. The van der Waals surface area contributed by atoms with E-state index in [1.165, 1.54) is 6.08 Å². The Morgan fingerprint density at radius 1 is 1.18 bits per heavy atom. The molecule has 0 aromatic heterocycles. The number of carbonyl (C=O) groups excluding carboxylic acids is 2. The van der Waals surface area contributed by atoms with Gasteiger partial charge in [-0.25, -0.2) is 0 Å². The van der Waals surface area contributed by atoms with Crippen LogP contribution in [0.3, 0.4) is 0 Å². The van der Waals surface area contributed by atoms with E-state index in [9.17, 15) is 9.59 Å². The molecule has 1 aromatic rings. The molecule has 0 fully saturated rings. The molecular weight excluding hydrogens is 282 g/mol. The number of ether oxygens (including phenoxy) is 2. The van der Waals surface area contributed by atoms with Crippen LogP contribution in [0.2, 0.25) is 0 Å².